The van der Waals surface area contributed by atoms with E-state index in [1.165, 1.54) is 11.1 Å². The number of piperidine rings is 1. The van der Waals surface area contributed by atoms with E-state index in [0.717, 1.165) is 68.0 Å². The molecule has 9 heteroatoms. The van der Waals surface area contributed by atoms with Crippen molar-refractivity contribution < 1.29 is 14.6 Å². The third kappa shape index (κ3) is 8.47. The Bertz CT molecular complexity index is 1520. The maximum atomic E-state index is 12.0. The minimum absolute atomic E-state index is 0.187. The lowest BCUT2D eigenvalue weighted by Gasteiger charge is -2.32. The normalized spacial score (nSPS) is 14.6. The summed E-state index contributed by atoms with van der Waals surface area (Å²) >= 11 is 0. The first kappa shape index (κ1) is 30.4. The summed E-state index contributed by atoms with van der Waals surface area (Å²) in [5.41, 5.74) is 5.51. The number of pyridine rings is 1. The summed E-state index contributed by atoms with van der Waals surface area (Å²) in [5, 5.41) is 17.2. The van der Waals surface area contributed by atoms with Gasteiger partial charge in [-0.15, -0.1) is 0 Å². The lowest BCUT2D eigenvalue weighted by atomic mass is 10.0. The average Bonchev–Trinajstić information content (AvgIpc) is 3.30. The number of alkyl carbamates (subject to hydrolysis) is 1. The number of ether oxygens (including phenoxy) is 1. The number of likely N-dealkylation sites (tertiary alicyclic amines) is 1. The molecule has 0 aliphatic carbocycles. The van der Waals surface area contributed by atoms with Crippen LogP contribution in [-0.2, 0) is 24.1 Å². The second-order valence-corrected chi connectivity index (χ2v) is 12.4. The van der Waals surface area contributed by atoms with E-state index < -0.39 is 5.60 Å². The van der Waals surface area contributed by atoms with Crippen molar-refractivity contribution in [2.45, 2.75) is 71.6 Å². The van der Waals surface area contributed by atoms with Crippen LogP contribution in [0.4, 0.5) is 10.7 Å². The Morgan fingerprint density at radius 1 is 1.00 bits per heavy atom. The van der Waals surface area contributed by atoms with Gasteiger partial charge in [0.25, 0.3) is 0 Å². The van der Waals surface area contributed by atoms with Gasteiger partial charge in [-0.05, 0) is 88.8 Å². The number of carbonyl (C=O) groups is 1. The molecular weight excluding hydrogens is 540 g/mol. The number of hydrogen-bond acceptors (Lipinski definition) is 7. The van der Waals surface area contributed by atoms with Crippen molar-refractivity contribution in [3.05, 3.63) is 83.2 Å². The van der Waals surface area contributed by atoms with Crippen molar-refractivity contribution in [1.82, 2.24) is 24.8 Å². The fourth-order valence-electron chi connectivity index (χ4n) is 5.51. The third-order valence-electron chi connectivity index (χ3n) is 7.77. The largest absolute Gasteiger partial charge is 0.506 e. The maximum Gasteiger partial charge on any atom is 0.407 e. The number of aromatic nitrogens is 3. The Morgan fingerprint density at radius 2 is 1.74 bits per heavy atom. The molecule has 1 aliphatic heterocycles. The zero-order valence-corrected chi connectivity index (χ0v) is 25.8. The van der Waals surface area contributed by atoms with Gasteiger partial charge in [0, 0.05) is 37.9 Å². The predicted octanol–water partition coefficient (Wildman–Crippen LogP) is 5.68. The minimum Gasteiger partial charge on any atom is -0.506 e. The van der Waals surface area contributed by atoms with Crippen LogP contribution in [0, 0.1) is 6.92 Å². The zero-order chi connectivity index (χ0) is 30.4. The average molecular weight is 585 g/mol. The standard InChI is InChI=1S/C34H44N6O3/c1-24-10-15-31(41)29(36-24)23-40-30-22-26(12-11-25-8-6-5-7-9-25)13-14-28(30)38-32(40)37-27-16-19-39(20-17-27)21-18-35-33(42)43-34(2,3)4/h5-10,13-15,22,27,41H,11-12,16-21,23H2,1-4H3,(H,35,42)(H,37,38). The zero-order valence-electron chi connectivity index (χ0n) is 25.8. The van der Waals surface area contributed by atoms with E-state index in [1.807, 2.05) is 39.8 Å². The maximum absolute atomic E-state index is 12.0. The van der Waals surface area contributed by atoms with Crippen LogP contribution in [0.25, 0.3) is 11.0 Å². The first-order valence-electron chi connectivity index (χ1n) is 15.3. The van der Waals surface area contributed by atoms with Crippen molar-refractivity contribution in [3.8, 4) is 5.75 Å². The highest BCUT2D eigenvalue weighted by Crippen LogP contribution is 2.27. The Labute approximate surface area is 254 Å². The smallest absolute Gasteiger partial charge is 0.407 e. The van der Waals surface area contributed by atoms with Crippen molar-refractivity contribution in [2.75, 3.05) is 31.5 Å². The van der Waals surface area contributed by atoms with Crippen LogP contribution >= 0.6 is 0 Å². The van der Waals surface area contributed by atoms with Crippen LogP contribution in [0.1, 0.15) is 56.1 Å². The SMILES string of the molecule is Cc1ccc(O)c(Cn2c(NC3CCN(CCNC(=O)OC(C)(C)C)CC3)nc3ccc(CCc4ccccc4)cc32)n1. The molecule has 3 N–H and O–H groups in total. The molecule has 1 aliphatic rings. The molecule has 1 fully saturated rings. The molecule has 0 radical (unpaired) electrons. The van der Waals surface area contributed by atoms with Crippen molar-refractivity contribution in [3.63, 3.8) is 0 Å². The van der Waals surface area contributed by atoms with E-state index in [4.69, 9.17) is 9.72 Å². The molecule has 5 rings (SSSR count). The van der Waals surface area contributed by atoms with Gasteiger partial charge in [-0.25, -0.2) is 9.78 Å². The minimum atomic E-state index is -0.498. The molecule has 0 spiro atoms. The van der Waals surface area contributed by atoms with Gasteiger partial charge in [-0.1, -0.05) is 36.4 Å². The van der Waals surface area contributed by atoms with Crippen LogP contribution < -0.4 is 10.6 Å². The van der Waals surface area contributed by atoms with Crippen LogP contribution in [0.5, 0.6) is 5.75 Å². The van der Waals surface area contributed by atoms with Crippen molar-refractivity contribution >= 4 is 23.1 Å². The van der Waals surface area contributed by atoms with Crippen molar-refractivity contribution in [2.24, 2.45) is 0 Å². The number of anilines is 1. The Balaban J connectivity index is 1.27. The number of carbonyl (C=O) groups excluding carboxylic acids is 1. The molecule has 0 atom stereocenters. The summed E-state index contributed by atoms with van der Waals surface area (Å²) in [6, 6.07) is 20.8. The van der Waals surface area contributed by atoms with E-state index >= 15 is 0 Å². The summed E-state index contributed by atoms with van der Waals surface area (Å²) in [5.74, 6) is 0.981. The number of amides is 1. The van der Waals surface area contributed by atoms with Gasteiger partial charge in [-0.3, -0.25) is 4.98 Å². The summed E-state index contributed by atoms with van der Waals surface area (Å²) < 4.78 is 7.49. The van der Waals surface area contributed by atoms with Gasteiger partial charge in [0.05, 0.1) is 17.6 Å². The number of fused-ring (bicyclic) bond motifs is 1. The molecule has 4 aromatic rings. The molecule has 2 aromatic heterocycles. The molecule has 2 aromatic carbocycles. The molecule has 0 saturated carbocycles. The van der Waals surface area contributed by atoms with Gasteiger partial charge in [0.15, 0.2) is 0 Å². The fourth-order valence-corrected chi connectivity index (χ4v) is 5.51. The van der Waals surface area contributed by atoms with E-state index in [2.05, 4.69) is 67.5 Å². The summed E-state index contributed by atoms with van der Waals surface area (Å²) in [6.45, 7) is 11.2. The number of nitrogens with one attached hydrogen (secondary N) is 2. The lowest BCUT2D eigenvalue weighted by Crippen LogP contribution is -2.43. The predicted molar refractivity (Wildman–Crippen MR) is 171 cm³/mol. The van der Waals surface area contributed by atoms with E-state index in [0.29, 0.717) is 18.8 Å². The highest BCUT2D eigenvalue weighted by atomic mass is 16.6. The number of imidazole rings is 1. The number of aromatic hydroxyl groups is 1. The Kier molecular flexibility index (Phi) is 9.50. The molecule has 1 amide bonds. The summed E-state index contributed by atoms with van der Waals surface area (Å²) in [7, 11) is 0. The van der Waals surface area contributed by atoms with Crippen LogP contribution in [-0.4, -0.2) is 68.5 Å². The van der Waals surface area contributed by atoms with Crippen molar-refractivity contribution in [1.29, 1.82) is 0 Å². The number of benzene rings is 2. The molecule has 228 valence electrons. The van der Waals surface area contributed by atoms with E-state index in [-0.39, 0.29) is 17.9 Å². The van der Waals surface area contributed by atoms with E-state index in [9.17, 15) is 9.90 Å². The van der Waals surface area contributed by atoms with Crippen LogP contribution in [0.3, 0.4) is 0 Å². The first-order valence-corrected chi connectivity index (χ1v) is 15.3. The number of aryl methyl sites for hydroxylation is 3. The second-order valence-electron chi connectivity index (χ2n) is 12.4. The second kappa shape index (κ2) is 13.5. The van der Waals surface area contributed by atoms with Gasteiger partial charge >= 0.3 is 6.09 Å². The lowest BCUT2D eigenvalue weighted by molar-refractivity contribution is 0.0520. The quantitative estimate of drug-likeness (QED) is 0.220. The molecule has 43 heavy (non-hydrogen) atoms. The highest BCUT2D eigenvalue weighted by Gasteiger charge is 2.23. The summed E-state index contributed by atoms with van der Waals surface area (Å²) in [6.07, 6.45) is 3.46. The Morgan fingerprint density at radius 3 is 2.49 bits per heavy atom. The number of nitrogens with zero attached hydrogens (tertiary/aromatic N) is 4. The summed E-state index contributed by atoms with van der Waals surface area (Å²) in [4.78, 5) is 24.0. The van der Waals surface area contributed by atoms with E-state index in [1.54, 1.807) is 6.07 Å². The molecule has 1 saturated heterocycles. The monoisotopic (exact) mass is 584 g/mol. The topological polar surface area (TPSA) is 105 Å². The molecule has 0 bridgehead atoms. The van der Waals surface area contributed by atoms with Crippen LogP contribution in [0.15, 0.2) is 60.7 Å². The van der Waals surface area contributed by atoms with Crippen LogP contribution in [0.2, 0.25) is 0 Å². The molecule has 9 nitrogen and oxygen atoms in total. The van der Waals surface area contributed by atoms with Gasteiger partial charge < -0.3 is 29.9 Å². The molecule has 3 heterocycles. The first-order chi connectivity index (χ1) is 20.6. The number of hydrogen-bond donors (Lipinski definition) is 3. The molecule has 0 unspecified atom stereocenters. The Hall–Kier alpha value is -4.11. The van der Waals surface area contributed by atoms with Gasteiger partial charge in [-0.2, -0.15) is 0 Å². The third-order valence-corrected chi connectivity index (χ3v) is 7.77. The fraction of sp³-hybridized carbons (Fsp3) is 0.441. The number of rotatable bonds is 10. The highest BCUT2D eigenvalue weighted by molar-refractivity contribution is 5.80. The molecular formula is C34H44N6O3. The van der Waals surface area contributed by atoms with Gasteiger partial charge in [0.1, 0.15) is 17.0 Å². The van der Waals surface area contributed by atoms with Gasteiger partial charge in [0.2, 0.25) is 5.95 Å².